The van der Waals surface area contributed by atoms with Gasteiger partial charge in [-0.3, -0.25) is 0 Å². The lowest BCUT2D eigenvalue weighted by atomic mass is 9.69. The maximum absolute atomic E-state index is 3.77. The van der Waals surface area contributed by atoms with Crippen molar-refractivity contribution in [3.8, 4) is 0 Å². The molecule has 82 valence electrons. The molecule has 0 heterocycles. The minimum atomic E-state index is 0.544. The highest BCUT2D eigenvalue weighted by molar-refractivity contribution is 5.13. The van der Waals surface area contributed by atoms with Crippen molar-refractivity contribution in [2.24, 2.45) is 16.7 Å². The molecule has 2 fully saturated rings. The van der Waals surface area contributed by atoms with Gasteiger partial charge in [0.25, 0.3) is 0 Å². The molecular weight excluding hydrogens is 170 g/mol. The van der Waals surface area contributed by atoms with Crippen molar-refractivity contribution in [3.05, 3.63) is 0 Å². The van der Waals surface area contributed by atoms with Gasteiger partial charge in [0.2, 0.25) is 0 Å². The summed E-state index contributed by atoms with van der Waals surface area (Å²) in [5, 5.41) is 3.77. The zero-order valence-corrected chi connectivity index (χ0v) is 10.4. The molecule has 0 radical (unpaired) electrons. The normalized spacial score (nSPS) is 45.0. The van der Waals surface area contributed by atoms with Crippen LogP contribution in [0.5, 0.6) is 0 Å². The third-order valence-electron chi connectivity index (χ3n) is 5.33. The average molecular weight is 195 g/mol. The first-order valence-corrected chi connectivity index (χ1v) is 6.14. The first-order chi connectivity index (χ1) is 6.38. The maximum Gasteiger partial charge on any atom is 0.0131 e. The van der Waals surface area contributed by atoms with Gasteiger partial charge in [-0.05, 0) is 36.0 Å². The van der Waals surface area contributed by atoms with Crippen LogP contribution in [0.3, 0.4) is 0 Å². The zero-order valence-electron chi connectivity index (χ0n) is 10.4. The minimum absolute atomic E-state index is 0.544. The highest BCUT2D eigenvalue weighted by atomic mass is 15.0. The van der Waals surface area contributed by atoms with Crippen molar-refractivity contribution >= 4 is 0 Å². The monoisotopic (exact) mass is 195 g/mol. The van der Waals surface area contributed by atoms with Gasteiger partial charge < -0.3 is 5.32 Å². The van der Waals surface area contributed by atoms with Crippen molar-refractivity contribution < 1.29 is 0 Å². The van der Waals surface area contributed by atoms with Crippen LogP contribution in [0.4, 0.5) is 0 Å². The molecule has 2 bridgehead atoms. The number of fused-ring (bicyclic) bond motifs is 2. The highest BCUT2D eigenvalue weighted by Crippen LogP contribution is 2.65. The molecule has 1 heteroatoms. The van der Waals surface area contributed by atoms with E-state index in [1.165, 1.54) is 19.3 Å². The summed E-state index contributed by atoms with van der Waals surface area (Å²) < 4.78 is 0. The standard InChI is InChI=1S/C13H25N/c1-9(2)14-11-8-10-6-7-13(11,5)12(10,3)4/h9-11,14H,6-8H2,1-5H3/t10?,11?,13-/m1/s1. The Morgan fingerprint density at radius 3 is 2.21 bits per heavy atom. The van der Waals surface area contributed by atoms with Crippen LogP contribution in [0.2, 0.25) is 0 Å². The quantitative estimate of drug-likeness (QED) is 0.713. The molecule has 3 atom stereocenters. The van der Waals surface area contributed by atoms with Gasteiger partial charge in [0.1, 0.15) is 0 Å². The predicted octanol–water partition coefficient (Wildman–Crippen LogP) is 3.20. The molecule has 2 saturated carbocycles. The van der Waals surface area contributed by atoms with E-state index in [1.807, 2.05) is 0 Å². The Kier molecular flexibility index (Phi) is 2.23. The maximum atomic E-state index is 3.77. The molecule has 0 aliphatic heterocycles. The van der Waals surface area contributed by atoms with Crippen LogP contribution in [-0.4, -0.2) is 12.1 Å². The summed E-state index contributed by atoms with van der Waals surface area (Å²) in [6.45, 7) is 12.0. The lowest BCUT2D eigenvalue weighted by molar-refractivity contribution is 0.117. The molecule has 2 unspecified atom stereocenters. The van der Waals surface area contributed by atoms with E-state index in [2.05, 4.69) is 39.9 Å². The van der Waals surface area contributed by atoms with E-state index in [0.717, 1.165) is 12.0 Å². The van der Waals surface area contributed by atoms with Crippen LogP contribution < -0.4 is 5.32 Å². The number of nitrogens with one attached hydrogen (secondary N) is 1. The Labute approximate surface area is 88.7 Å². The van der Waals surface area contributed by atoms with Gasteiger partial charge in [-0.25, -0.2) is 0 Å². The first kappa shape index (κ1) is 10.5. The molecule has 0 spiro atoms. The van der Waals surface area contributed by atoms with Crippen LogP contribution in [0.15, 0.2) is 0 Å². The van der Waals surface area contributed by atoms with Gasteiger partial charge in [0.05, 0.1) is 0 Å². The third-order valence-corrected chi connectivity index (χ3v) is 5.33. The predicted molar refractivity (Wildman–Crippen MR) is 61.3 cm³/mol. The Hall–Kier alpha value is -0.0400. The molecule has 0 amide bonds. The summed E-state index contributed by atoms with van der Waals surface area (Å²) in [5.74, 6) is 0.962. The molecule has 2 aliphatic rings. The summed E-state index contributed by atoms with van der Waals surface area (Å²) in [4.78, 5) is 0. The Balaban J connectivity index is 2.19. The molecule has 14 heavy (non-hydrogen) atoms. The average Bonchev–Trinajstić information content (AvgIpc) is 2.35. The summed E-state index contributed by atoms with van der Waals surface area (Å²) in [7, 11) is 0. The van der Waals surface area contributed by atoms with Gasteiger partial charge in [-0.15, -0.1) is 0 Å². The van der Waals surface area contributed by atoms with E-state index in [9.17, 15) is 0 Å². The Bertz CT molecular complexity index is 231. The molecule has 1 nitrogen and oxygen atoms in total. The van der Waals surface area contributed by atoms with E-state index in [0.29, 0.717) is 16.9 Å². The van der Waals surface area contributed by atoms with Crippen LogP contribution >= 0.6 is 0 Å². The Morgan fingerprint density at radius 2 is 1.86 bits per heavy atom. The Morgan fingerprint density at radius 1 is 1.21 bits per heavy atom. The van der Waals surface area contributed by atoms with Gasteiger partial charge in [0.15, 0.2) is 0 Å². The van der Waals surface area contributed by atoms with Crippen molar-refractivity contribution in [2.75, 3.05) is 0 Å². The van der Waals surface area contributed by atoms with E-state index in [4.69, 9.17) is 0 Å². The molecule has 0 aromatic rings. The number of rotatable bonds is 2. The van der Waals surface area contributed by atoms with Crippen LogP contribution in [-0.2, 0) is 0 Å². The summed E-state index contributed by atoms with van der Waals surface area (Å²) in [5.41, 5.74) is 1.10. The second-order valence-corrected chi connectivity index (χ2v) is 6.48. The fourth-order valence-corrected chi connectivity index (χ4v) is 3.86. The topological polar surface area (TPSA) is 12.0 Å². The van der Waals surface area contributed by atoms with Crippen molar-refractivity contribution in [3.63, 3.8) is 0 Å². The minimum Gasteiger partial charge on any atom is -0.311 e. The summed E-state index contributed by atoms with van der Waals surface area (Å²) >= 11 is 0. The molecule has 0 saturated heterocycles. The highest BCUT2D eigenvalue weighted by Gasteiger charge is 2.61. The fourth-order valence-electron chi connectivity index (χ4n) is 3.86. The van der Waals surface area contributed by atoms with E-state index in [1.54, 1.807) is 0 Å². The second-order valence-electron chi connectivity index (χ2n) is 6.48. The van der Waals surface area contributed by atoms with Crippen LogP contribution in [0.25, 0.3) is 0 Å². The number of hydrogen-bond acceptors (Lipinski definition) is 1. The lowest BCUT2D eigenvalue weighted by Gasteiger charge is -2.40. The molecule has 0 aromatic heterocycles. The van der Waals surface area contributed by atoms with E-state index < -0.39 is 0 Å². The SMILES string of the molecule is CC(C)NC1CC2CC[C@@]1(C)C2(C)C. The van der Waals surface area contributed by atoms with Gasteiger partial charge in [0, 0.05) is 12.1 Å². The smallest absolute Gasteiger partial charge is 0.0131 e. The molecule has 1 N–H and O–H groups in total. The van der Waals surface area contributed by atoms with Crippen molar-refractivity contribution in [2.45, 2.75) is 66.0 Å². The van der Waals surface area contributed by atoms with Gasteiger partial charge in [-0.1, -0.05) is 34.6 Å². The third kappa shape index (κ3) is 1.18. The largest absolute Gasteiger partial charge is 0.311 e. The molecule has 2 rings (SSSR count). The molecular formula is C13H25N. The van der Waals surface area contributed by atoms with Gasteiger partial charge >= 0.3 is 0 Å². The van der Waals surface area contributed by atoms with Crippen LogP contribution in [0, 0.1) is 16.7 Å². The molecule has 0 aromatic carbocycles. The molecule has 2 aliphatic carbocycles. The summed E-state index contributed by atoms with van der Waals surface area (Å²) in [6, 6.07) is 1.39. The van der Waals surface area contributed by atoms with E-state index >= 15 is 0 Å². The van der Waals surface area contributed by atoms with Gasteiger partial charge in [-0.2, -0.15) is 0 Å². The second kappa shape index (κ2) is 2.98. The first-order valence-electron chi connectivity index (χ1n) is 6.14. The fraction of sp³-hybridized carbons (Fsp3) is 1.00. The lowest BCUT2D eigenvalue weighted by Crippen LogP contribution is -2.46. The van der Waals surface area contributed by atoms with Crippen molar-refractivity contribution in [1.82, 2.24) is 5.32 Å². The summed E-state index contributed by atoms with van der Waals surface area (Å²) in [6.07, 6.45) is 4.29. The zero-order chi connectivity index (χ0) is 10.6. The van der Waals surface area contributed by atoms with Crippen LogP contribution in [0.1, 0.15) is 53.9 Å². The number of hydrogen-bond donors (Lipinski definition) is 1. The van der Waals surface area contributed by atoms with Crippen molar-refractivity contribution in [1.29, 1.82) is 0 Å². The van der Waals surface area contributed by atoms with E-state index in [-0.39, 0.29) is 0 Å².